The number of rotatable bonds is 3. The van der Waals surface area contributed by atoms with Crippen LogP contribution < -0.4 is 10.6 Å². The van der Waals surface area contributed by atoms with Gasteiger partial charge in [-0.15, -0.1) is 0 Å². The van der Waals surface area contributed by atoms with Gasteiger partial charge in [0.2, 0.25) is 0 Å². The van der Waals surface area contributed by atoms with Crippen LogP contribution in [0.25, 0.3) is 0 Å². The largest absolute Gasteiger partial charge is 0.356 e. The van der Waals surface area contributed by atoms with Crippen molar-refractivity contribution in [2.45, 2.75) is 32.1 Å². The minimum atomic E-state index is 0.970. The maximum atomic E-state index is 4.37. The molecular weight excluding hydrogens is 174 g/mol. The molecule has 3 nitrogen and oxygen atoms in total. The fraction of sp³-hybridized carbons (Fsp3) is 0.727. The van der Waals surface area contributed by atoms with Crippen molar-refractivity contribution in [1.29, 1.82) is 0 Å². The second kappa shape index (κ2) is 5.03. The topological polar surface area (TPSA) is 36.4 Å². The molecule has 0 bridgehead atoms. The summed E-state index contributed by atoms with van der Waals surface area (Å²) in [6.45, 7) is 3.06. The van der Waals surface area contributed by atoms with Crippen LogP contribution in [0.1, 0.15) is 32.1 Å². The Kier molecular flexibility index (Phi) is 3.44. The fourth-order valence-corrected chi connectivity index (χ4v) is 1.96. The van der Waals surface area contributed by atoms with Crippen LogP contribution in [-0.2, 0) is 0 Å². The van der Waals surface area contributed by atoms with Crippen LogP contribution in [-0.4, -0.2) is 25.6 Å². The molecule has 0 amide bonds. The van der Waals surface area contributed by atoms with Gasteiger partial charge >= 0.3 is 0 Å². The average molecular weight is 193 g/mol. The second-order valence-corrected chi connectivity index (χ2v) is 3.94. The first-order chi connectivity index (χ1) is 6.95. The minimum absolute atomic E-state index is 0.970. The Balaban J connectivity index is 1.64. The smallest absolute Gasteiger partial charge is 0.191 e. The lowest BCUT2D eigenvalue weighted by molar-refractivity contribution is 0.696. The summed E-state index contributed by atoms with van der Waals surface area (Å²) in [6, 6.07) is 0. The van der Waals surface area contributed by atoms with Crippen LogP contribution in [0.5, 0.6) is 0 Å². The zero-order valence-electron chi connectivity index (χ0n) is 8.68. The molecule has 0 spiro atoms. The first-order valence-electron chi connectivity index (χ1n) is 5.65. The van der Waals surface area contributed by atoms with E-state index in [1.807, 2.05) is 0 Å². The molecule has 2 N–H and O–H groups in total. The lowest BCUT2D eigenvalue weighted by atomic mass is 10.2. The molecule has 0 fully saturated rings. The number of hydrogen-bond acceptors (Lipinski definition) is 3. The maximum Gasteiger partial charge on any atom is 0.191 e. The number of aliphatic imine (C=N–C) groups is 1. The SMILES string of the molecule is C1=C(CCNC2=NCCCN2)CCC1. The van der Waals surface area contributed by atoms with Crippen molar-refractivity contribution in [2.75, 3.05) is 19.6 Å². The predicted octanol–water partition coefficient (Wildman–Crippen LogP) is 1.43. The lowest BCUT2D eigenvalue weighted by Gasteiger charge is -2.15. The van der Waals surface area contributed by atoms with E-state index in [1.54, 1.807) is 5.57 Å². The summed E-state index contributed by atoms with van der Waals surface area (Å²) < 4.78 is 0. The van der Waals surface area contributed by atoms with Crippen LogP contribution in [0, 0.1) is 0 Å². The van der Waals surface area contributed by atoms with Gasteiger partial charge in [0.25, 0.3) is 0 Å². The van der Waals surface area contributed by atoms with Gasteiger partial charge in [0.1, 0.15) is 0 Å². The van der Waals surface area contributed by atoms with Crippen LogP contribution in [0.15, 0.2) is 16.6 Å². The van der Waals surface area contributed by atoms with E-state index >= 15 is 0 Å². The molecule has 78 valence electrons. The van der Waals surface area contributed by atoms with Gasteiger partial charge in [-0.3, -0.25) is 4.99 Å². The van der Waals surface area contributed by atoms with Crippen LogP contribution in [0.4, 0.5) is 0 Å². The Morgan fingerprint density at radius 1 is 1.43 bits per heavy atom. The Labute approximate surface area is 85.7 Å². The Hall–Kier alpha value is -0.990. The second-order valence-electron chi connectivity index (χ2n) is 3.94. The standard InChI is InChI=1S/C11H19N3/c1-2-5-10(4-1)6-9-14-11-12-7-3-8-13-11/h4H,1-3,5-9H2,(H2,12,13,14). The molecule has 0 saturated carbocycles. The highest BCUT2D eigenvalue weighted by Gasteiger charge is 2.05. The molecule has 0 aromatic heterocycles. The molecule has 1 heterocycles. The first kappa shape index (κ1) is 9.56. The number of guanidine groups is 1. The summed E-state index contributed by atoms with van der Waals surface area (Å²) >= 11 is 0. The van der Waals surface area contributed by atoms with Gasteiger partial charge in [0.15, 0.2) is 5.96 Å². The minimum Gasteiger partial charge on any atom is -0.356 e. The highest BCUT2D eigenvalue weighted by atomic mass is 15.2. The van der Waals surface area contributed by atoms with E-state index in [0.717, 1.165) is 32.0 Å². The van der Waals surface area contributed by atoms with E-state index < -0.39 is 0 Å². The molecule has 1 aliphatic heterocycles. The van der Waals surface area contributed by atoms with Crippen molar-refractivity contribution >= 4 is 5.96 Å². The molecule has 0 aromatic carbocycles. The highest BCUT2D eigenvalue weighted by molar-refractivity contribution is 5.80. The van der Waals surface area contributed by atoms with Gasteiger partial charge in [-0.1, -0.05) is 11.6 Å². The summed E-state index contributed by atoms with van der Waals surface area (Å²) in [5.41, 5.74) is 1.62. The fourth-order valence-electron chi connectivity index (χ4n) is 1.96. The maximum absolute atomic E-state index is 4.37. The molecule has 14 heavy (non-hydrogen) atoms. The molecule has 0 unspecified atom stereocenters. The van der Waals surface area contributed by atoms with E-state index in [2.05, 4.69) is 21.7 Å². The zero-order chi connectivity index (χ0) is 9.64. The van der Waals surface area contributed by atoms with E-state index in [0.29, 0.717) is 0 Å². The van der Waals surface area contributed by atoms with Gasteiger partial charge < -0.3 is 10.6 Å². The molecule has 0 aromatic rings. The van der Waals surface area contributed by atoms with Crippen molar-refractivity contribution in [1.82, 2.24) is 10.6 Å². The Morgan fingerprint density at radius 3 is 3.14 bits per heavy atom. The summed E-state index contributed by atoms with van der Waals surface area (Å²) in [5, 5.41) is 6.61. The van der Waals surface area contributed by atoms with Crippen LogP contribution in [0.3, 0.4) is 0 Å². The Bertz CT molecular complexity index is 243. The molecule has 2 aliphatic rings. The molecule has 1 aliphatic carbocycles. The normalized spacial score (nSPS) is 21.1. The average Bonchev–Trinajstić information content (AvgIpc) is 2.72. The number of allylic oxidation sites excluding steroid dienone is 1. The molecular formula is C11H19N3. The van der Waals surface area contributed by atoms with Crippen molar-refractivity contribution in [2.24, 2.45) is 4.99 Å². The number of hydrogen-bond donors (Lipinski definition) is 2. The molecule has 0 radical (unpaired) electrons. The highest BCUT2D eigenvalue weighted by Crippen LogP contribution is 2.19. The van der Waals surface area contributed by atoms with Crippen molar-refractivity contribution in [3.8, 4) is 0 Å². The van der Waals surface area contributed by atoms with E-state index in [1.165, 1.54) is 25.7 Å². The van der Waals surface area contributed by atoms with Crippen molar-refractivity contribution < 1.29 is 0 Å². The third-order valence-corrected chi connectivity index (χ3v) is 2.77. The van der Waals surface area contributed by atoms with Gasteiger partial charge in [-0.05, 0) is 32.1 Å². The molecule has 0 atom stereocenters. The summed E-state index contributed by atoms with van der Waals surface area (Å²) in [4.78, 5) is 4.37. The van der Waals surface area contributed by atoms with Gasteiger partial charge in [-0.25, -0.2) is 0 Å². The lowest BCUT2D eigenvalue weighted by Crippen LogP contribution is -2.41. The third kappa shape index (κ3) is 2.76. The number of nitrogens with one attached hydrogen (secondary N) is 2. The van der Waals surface area contributed by atoms with E-state index in [-0.39, 0.29) is 0 Å². The van der Waals surface area contributed by atoms with Crippen LogP contribution >= 0.6 is 0 Å². The predicted molar refractivity (Wildman–Crippen MR) is 59.5 cm³/mol. The Morgan fingerprint density at radius 2 is 2.43 bits per heavy atom. The zero-order valence-corrected chi connectivity index (χ0v) is 8.68. The summed E-state index contributed by atoms with van der Waals surface area (Å²) in [6.07, 6.45) is 8.68. The molecule has 2 rings (SSSR count). The van der Waals surface area contributed by atoms with E-state index in [9.17, 15) is 0 Å². The van der Waals surface area contributed by atoms with Crippen molar-refractivity contribution in [3.63, 3.8) is 0 Å². The van der Waals surface area contributed by atoms with Gasteiger partial charge in [0, 0.05) is 19.6 Å². The molecule has 0 saturated heterocycles. The summed E-state index contributed by atoms with van der Waals surface area (Å²) in [7, 11) is 0. The summed E-state index contributed by atoms with van der Waals surface area (Å²) in [5.74, 6) is 0.995. The molecule has 3 heteroatoms. The number of nitrogens with zero attached hydrogens (tertiary/aromatic N) is 1. The van der Waals surface area contributed by atoms with Crippen molar-refractivity contribution in [3.05, 3.63) is 11.6 Å². The van der Waals surface area contributed by atoms with Crippen LogP contribution in [0.2, 0.25) is 0 Å². The monoisotopic (exact) mass is 193 g/mol. The van der Waals surface area contributed by atoms with Gasteiger partial charge in [0.05, 0.1) is 0 Å². The van der Waals surface area contributed by atoms with E-state index in [4.69, 9.17) is 0 Å². The first-order valence-corrected chi connectivity index (χ1v) is 5.65. The third-order valence-electron chi connectivity index (χ3n) is 2.77. The van der Waals surface area contributed by atoms with Gasteiger partial charge in [-0.2, -0.15) is 0 Å². The quantitative estimate of drug-likeness (QED) is 0.665.